The molecule has 0 saturated carbocycles. The Balaban J connectivity index is 1.74. The maximum absolute atomic E-state index is 12.6. The Morgan fingerprint density at radius 2 is 1.45 bits per heavy atom. The molecule has 0 unspecified atom stereocenters. The second-order valence-electron chi connectivity index (χ2n) is 6.88. The van der Waals surface area contributed by atoms with E-state index in [9.17, 15) is 9.59 Å². The molecule has 0 atom stereocenters. The fourth-order valence-corrected chi connectivity index (χ4v) is 3.07. The van der Waals surface area contributed by atoms with E-state index in [0.717, 1.165) is 16.8 Å². The van der Waals surface area contributed by atoms with Gasteiger partial charge in [0.25, 0.3) is 5.91 Å². The standard InChI is InChI=1S/C22H23N5O2/c1-13-11-14(2)20(15(3)12-13)27-22-23-10-9-19(26-22)21(29)25-18-7-5-17(6-8-18)24-16(4)28/h5-12H,1-4H3,(H,24,28)(H,25,29)(H,23,26,27). The Hall–Kier alpha value is -3.74. The Labute approximate surface area is 169 Å². The first kappa shape index (κ1) is 20.0. The lowest BCUT2D eigenvalue weighted by Gasteiger charge is -2.13. The fourth-order valence-electron chi connectivity index (χ4n) is 3.07. The molecule has 3 aromatic rings. The topological polar surface area (TPSA) is 96.0 Å². The van der Waals surface area contributed by atoms with E-state index in [1.807, 2.05) is 20.8 Å². The van der Waals surface area contributed by atoms with Gasteiger partial charge < -0.3 is 16.0 Å². The highest BCUT2D eigenvalue weighted by atomic mass is 16.2. The van der Waals surface area contributed by atoms with E-state index in [2.05, 4.69) is 38.1 Å². The van der Waals surface area contributed by atoms with Crippen LogP contribution >= 0.6 is 0 Å². The van der Waals surface area contributed by atoms with Crippen molar-refractivity contribution >= 4 is 34.8 Å². The first-order valence-electron chi connectivity index (χ1n) is 9.19. The van der Waals surface area contributed by atoms with Gasteiger partial charge in [0.15, 0.2) is 0 Å². The molecule has 2 amide bonds. The molecule has 0 aliphatic heterocycles. The molecule has 0 fully saturated rings. The molecule has 7 heteroatoms. The number of hydrogen-bond acceptors (Lipinski definition) is 5. The minimum absolute atomic E-state index is 0.151. The summed E-state index contributed by atoms with van der Waals surface area (Å²) in [6, 6.07) is 12.6. The Morgan fingerprint density at radius 1 is 0.862 bits per heavy atom. The van der Waals surface area contributed by atoms with Crippen LogP contribution in [0.5, 0.6) is 0 Å². The van der Waals surface area contributed by atoms with Crippen LogP contribution in [0.2, 0.25) is 0 Å². The average Bonchev–Trinajstić information content (AvgIpc) is 2.66. The number of anilines is 4. The van der Waals surface area contributed by atoms with Gasteiger partial charge in [-0.3, -0.25) is 9.59 Å². The van der Waals surface area contributed by atoms with Crippen LogP contribution in [-0.2, 0) is 4.79 Å². The molecule has 1 heterocycles. The van der Waals surface area contributed by atoms with Gasteiger partial charge in [0.2, 0.25) is 11.9 Å². The van der Waals surface area contributed by atoms with Crippen molar-refractivity contribution in [1.29, 1.82) is 0 Å². The van der Waals surface area contributed by atoms with Crippen LogP contribution in [0.4, 0.5) is 23.0 Å². The van der Waals surface area contributed by atoms with E-state index in [0.29, 0.717) is 17.3 Å². The fraction of sp³-hybridized carbons (Fsp3) is 0.182. The Morgan fingerprint density at radius 3 is 2.03 bits per heavy atom. The summed E-state index contributed by atoms with van der Waals surface area (Å²) in [5, 5.41) is 8.68. The van der Waals surface area contributed by atoms with Gasteiger partial charge in [0, 0.05) is 30.2 Å². The smallest absolute Gasteiger partial charge is 0.274 e. The van der Waals surface area contributed by atoms with Crippen molar-refractivity contribution in [3.63, 3.8) is 0 Å². The largest absolute Gasteiger partial charge is 0.326 e. The van der Waals surface area contributed by atoms with Gasteiger partial charge in [-0.25, -0.2) is 9.97 Å². The van der Waals surface area contributed by atoms with Gasteiger partial charge in [0.05, 0.1) is 0 Å². The van der Waals surface area contributed by atoms with Crippen molar-refractivity contribution in [2.75, 3.05) is 16.0 Å². The maximum Gasteiger partial charge on any atom is 0.274 e. The van der Waals surface area contributed by atoms with Crippen LogP contribution in [0.1, 0.15) is 34.1 Å². The molecule has 0 aliphatic rings. The lowest BCUT2D eigenvalue weighted by atomic mass is 10.1. The average molecular weight is 389 g/mol. The molecule has 0 radical (unpaired) electrons. The molecule has 3 N–H and O–H groups in total. The molecule has 0 bridgehead atoms. The molecule has 0 spiro atoms. The molecular weight excluding hydrogens is 366 g/mol. The number of nitrogens with one attached hydrogen (secondary N) is 3. The molecule has 0 aliphatic carbocycles. The van der Waals surface area contributed by atoms with Gasteiger partial charge in [-0.05, 0) is 62.2 Å². The zero-order valence-electron chi connectivity index (χ0n) is 16.8. The molecule has 3 rings (SSSR count). The summed E-state index contributed by atoms with van der Waals surface area (Å²) in [5.74, 6) is -0.143. The minimum Gasteiger partial charge on any atom is -0.326 e. The second kappa shape index (κ2) is 8.52. The molecule has 7 nitrogen and oxygen atoms in total. The predicted octanol–water partition coefficient (Wildman–Crippen LogP) is 4.36. The predicted molar refractivity (Wildman–Crippen MR) is 115 cm³/mol. The van der Waals surface area contributed by atoms with Crippen molar-refractivity contribution in [2.24, 2.45) is 0 Å². The summed E-state index contributed by atoms with van der Waals surface area (Å²) in [6.45, 7) is 7.52. The van der Waals surface area contributed by atoms with Crippen molar-refractivity contribution in [3.8, 4) is 0 Å². The van der Waals surface area contributed by atoms with Crippen molar-refractivity contribution in [3.05, 3.63) is 71.0 Å². The van der Waals surface area contributed by atoms with Gasteiger partial charge >= 0.3 is 0 Å². The van der Waals surface area contributed by atoms with Crippen LogP contribution < -0.4 is 16.0 Å². The first-order valence-corrected chi connectivity index (χ1v) is 9.19. The van der Waals surface area contributed by atoms with Gasteiger partial charge in [-0.2, -0.15) is 0 Å². The van der Waals surface area contributed by atoms with E-state index < -0.39 is 0 Å². The lowest BCUT2D eigenvalue weighted by molar-refractivity contribution is -0.114. The van der Waals surface area contributed by atoms with E-state index in [4.69, 9.17) is 0 Å². The molecule has 148 valence electrons. The van der Waals surface area contributed by atoms with E-state index in [-0.39, 0.29) is 17.5 Å². The van der Waals surface area contributed by atoms with Crippen LogP contribution in [0.25, 0.3) is 0 Å². The molecular formula is C22H23N5O2. The number of aromatic nitrogens is 2. The summed E-state index contributed by atoms with van der Waals surface area (Å²) in [7, 11) is 0. The summed E-state index contributed by atoms with van der Waals surface area (Å²) in [6.07, 6.45) is 1.54. The summed E-state index contributed by atoms with van der Waals surface area (Å²) in [5.41, 5.74) is 5.79. The van der Waals surface area contributed by atoms with Crippen LogP contribution in [0.15, 0.2) is 48.7 Å². The normalized spacial score (nSPS) is 10.3. The molecule has 2 aromatic carbocycles. The number of benzene rings is 2. The molecule has 1 aromatic heterocycles. The van der Waals surface area contributed by atoms with Gasteiger partial charge in [-0.1, -0.05) is 17.7 Å². The number of hydrogen-bond donors (Lipinski definition) is 3. The summed E-state index contributed by atoms with van der Waals surface area (Å²) in [4.78, 5) is 32.2. The zero-order valence-corrected chi connectivity index (χ0v) is 16.8. The highest BCUT2D eigenvalue weighted by Gasteiger charge is 2.11. The van der Waals surface area contributed by atoms with Gasteiger partial charge in [0.1, 0.15) is 5.69 Å². The van der Waals surface area contributed by atoms with E-state index in [1.54, 1.807) is 36.5 Å². The van der Waals surface area contributed by atoms with Crippen LogP contribution in [0.3, 0.4) is 0 Å². The third kappa shape index (κ3) is 5.16. The zero-order chi connectivity index (χ0) is 21.0. The third-order valence-electron chi connectivity index (χ3n) is 4.27. The molecule has 29 heavy (non-hydrogen) atoms. The van der Waals surface area contributed by atoms with Crippen molar-refractivity contribution in [2.45, 2.75) is 27.7 Å². The third-order valence-corrected chi connectivity index (χ3v) is 4.27. The summed E-state index contributed by atoms with van der Waals surface area (Å²) < 4.78 is 0. The summed E-state index contributed by atoms with van der Waals surface area (Å²) >= 11 is 0. The SMILES string of the molecule is CC(=O)Nc1ccc(NC(=O)c2ccnc(Nc3c(C)cc(C)cc3C)n2)cc1. The van der Waals surface area contributed by atoms with Crippen LogP contribution in [0, 0.1) is 20.8 Å². The highest BCUT2D eigenvalue weighted by molar-refractivity contribution is 6.03. The first-order chi connectivity index (χ1) is 13.8. The lowest BCUT2D eigenvalue weighted by Crippen LogP contribution is -2.15. The Bertz CT molecular complexity index is 1040. The monoisotopic (exact) mass is 389 g/mol. The number of carbonyl (C=O) groups is 2. The highest BCUT2D eigenvalue weighted by Crippen LogP contribution is 2.24. The number of aryl methyl sites for hydroxylation is 3. The number of amides is 2. The number of rotatable bonds is 5. The quantitative estimate of drug-likeness (QED) is 0.603. The van der Waals surface area contributed by atoms with E-state index >= 15 is 0 Å². The van der Waals surface area contributed by atoms with Crippen molar-refractivity contribution < 1.29 is 9.59 Å². The van der Waals surface area contributed by atoms with Crippen molar-refractivity contribution in [1.82, 2.24) is 9.97 Å². The number of carbonyl (C=O) groups excluding carboxylic acids is 2. The van der Waals surface area contributed by atoms with Gasteiger partial charge in [-0.15, -0.1) is 0 Å². The Kier molecular flexibility index (Phi) is 5.87. The second-order valence-corrected chi connectivity index (χ2v) is 6.88. The van der Waals surface area contributed by atoms with Crippen LogP contribution in [-0.4, -0.2) is 21.8 Å². The number of nitrogens with zero attached hydrogens (tertiary/aromatic N) is 2. The molecule has 0 saturated heterocycles. The minimum atomic E-state index is -0.347. The van der Waals surface area contributed by atoms with E-state index in [1.165, 1.54) is 12.5 Å². The maximum atomic E-state index is 12.6.